The highest BCUT2D eigenvalue weighted by atomic mass is 16.5. The summed E-state index contributed by atoms with van der Waals surface area (Å²) >= 11 is 0. The Morgan fingerprint density at radius 1 is 1.41 bits per heavy atom. The number of hydrogen-bond acceptors (Lipinski definition) is 4. The van der Waals surface area contributed by atoms with Crippen LogP contribution < -0.4 is 11.1 Å². The number of nitrogens with one attached hydrogen (secondary N) is 1. The van der Waals surface area contributed by atoms with Gasteiger partial charge in [0.2, 0.25) is 0 Å². The number of rotatable bonds is 7. The molecule has 0 aromatic heterocycles. The summed E-state index contributed by atoms with van der Waals surface area (Å²) in [4.78, 5) is 2.64. The van der Waals surface area contributed by atoms with Gasteiger partial charge < -0.3 is 15.8 Å². The van der Waals surface area contributed by atoms with Gasteiger partial charge in [0.05, 0.1) is 6.61 Å². The average Bonchev–Trinajstić information content (AvgIpc) is 2.91. The largest absolute Gasteiger partial charge is 0.383 e. The Morgan fingerprint density at radius 2 is 2.29 bits per heavy atom. The first-order chi connectivity index (χ1) is 8.35. The Balaban J connectivity index is 1.80. The van der Waals surface area contributed by atoms with E-state index in [0.29, 0.717) is 12.1 Å². The highest BCUT2D eigenvalue weighted by Crippen LogP contribution is 2.28. The number of nitrogens with zero attached hydrogens (tertiary/aromatic N) is 1. The number of nitrogens with two attached hydrogens (primary N) is 1. The van der Waals surface area contributed by atoms with Crippen LogP contribution in [0.5, 0.6) is 0 Å². The van der Waals surface area contributed by atoms with Gasteiger partial charge in [-0.25, -0.2) is 0 Å². The van der Waals surface area contributed by atoms with Crippen LogP contribution in [0.4, 0.5) is 0 Å². The molecule has 0 radical (unpaired) electrons. The summed E-state index contributed by atoms with van der Waals surface area (Å²) in [6, 6.07) is 1.94. The van der Waals surface area contributed by atoms with Crippen molar-refractivity contribution in [2.75, 3.05) is 33.4 Å². The van der Waals surface area contributed by atoms with E-state index in [4.69, 9.17) is 10.5 Å². The first-order valence-electron chi connectivity index (χ1n) is 7.04. The third-order valence-corrected chi connectivity index (χ3v) is 4.18. The number of hydrogen-bond donors (Lipinski definition) is 2. The predicted molar refractivity (Wildman–Crippen MR) is 70.1 cm³/mol. The van der Waals surface area contributed by atoms with E-state index >= 15 is 0 Å². The van der Waals surface area contributed by atoms with Gasteiger partial charge >= 0.3 is 0 Å². The standard InChI is InChI=1S/C13H27N3O/c1-17-10-11(4-2-7-14)15-12-6-9-16-8-3-5-13(12)16/h11-13,15H,2-10,14H2,1H3. The molecule has 100 valence electrons. The van der Waals surface area contributed by atoms with Crippen molar-refractivity contribution < 1.29 is 4.74 Å². The molecule has 2 saturated heterocycles. The van der Waals surface area contributed by atoms with Crippen LogP contribution in [0.2, 0.25) is 0 Å². The van der Waals surface area contributed by atoms with Gasteiger partial charge in [-0.3, -0.25) is 4.90 Å². The van der Waals surface area contributed by atoms with E-state index < -0.39 is 0 Å². The second-order valence-corrected chi connectivity index (χ2v) is 5.39. The van der Waals surface area contributed by atoms with E-state index in [-0.39, 0.29) is 0 Å². The minimum absolute atomic E-state index is 0.481. The van der Waals surface area contributed by atoms with Crippen molar-refractivity contribution in [3.05, 3.63) is 0 Å². The van der Waals surface area contributed by atoms with E-state index in [0.717, 1.165) is 32.0 Å². The zero-order valence-corrected chi connectivity index (χ0v) is 11.0. The Kier molecular flexibility index (Phi) is 5.22. The second-order valence-electron chi connectivity index (χ2n) is 5.39. The minimum Gasteiger partial charge on any atom is -0.383 e. The van der Waals surface area contributed by atoms with E-state index in [1.54, 1.807) is 7.11 Å². The quantitative estimate of drug-likeness (QED) is 0.684. The third-order valence-electron chi connectivity index (χ3n) is 4.18. The Hall–Kier alpha value is -0.160. The van der Waals surface area contributed by atoms with Gasteiger partial charge in [-0.05, 0) is 45.2 Å². The molecule has 2 fully saturated rings. The lowest BCUT2D eigenvalue weighted by Gasteiger charge is -2.26. The normalized spacial score (nSPS) is 30.7. The molecule has 3 N–H and O–H groups in total. The molecule has 0 aromatic carbocycles. The molecule has 4 nitrogen and oxygen atoms in total. The molecule has 2 heterocycles. The molecule has 0 bridgehead atoms. The first kappa shape index (κ1) is 13.3. The third kappa shape index (κ3) is 3.41. The number of methoxy groups -OCH3 is 1. The maximum Gasteiger partial charge on any atom is 0.0615 e. The van der Waals surface area contributed by atoms with E-state index in [2.05, 4.69) is 10.2 Å². The van der Waals surface area contributed by atoms with Crippen molar-refractivity contribution in [1.82, 2.24) is 10.2 Å². The maximum absolute atomic E-state index is 5.59. The van der Waals surface area contributed by atoms with Crippen LogP contribution >= 0.6 is 0 Å². The molecule has 0 aliphatic carbocycles. The van der Waals surface area contributed by atoms with Crippen LogP contribution in [0.1, 0.15) is 32.1 Å². The van der Waals surface area contributed by atoms with Crippen LogP contribution in [-0.4, -0.2) is 56.4 Å². The summed E-state index contributed by atoms with van der Waals surface area (Å²) in [6.45, 7) is 4.17. The monoisotopic (exact) mass is 241 g/mol. The van der Waals surface area contributed by atoms with Gasteiger partial charge in [-0.2, -0.15) is 0 Å². The van der Waals surface area contributed by atoms with Gasteiger partial charge in [-0.15, -0.1) is 0 Å². The number of ether oxygens (including phenoxy) is 1. The molecule has 2 rings (SSSR count). The molecule has 17 heavy (non-hydrogen) atoms. The molecular weight excluding hydrogens is 214 g/mol. The molecule has 0 amide bonds. The summed E-state index contributed by atoms with van der Waals surface area (Å²) in [5.74, 6) is 0. The first-order valence-corrected chi connectivity index (χ1v) is 7.04. The summed E-state index contributed by atoms with van der Waals surface area (Å²) < 4.78 is 5.31. The molecular formula is C13H27N3O. The molecule has 4 heteroatoms. The van der Waals surface area contributed by atoms with Crippen molar-refractivity contribution >= 4 is 0 Å². The van der Waals surface area contributed by atoms with Crippen LogP contribution in [0.25, 0.3) is 0 Å². The molecule has 3 unspecified atom stereocenters. The highest BCUT2D eigenvalue weighted by Gasteiger charge is 2.37. The highest BCUT2D eigenvalue weighted by molar-refractivity contribution is 4.96. The van der Waals surface area contributed by atoms with E-state index in [1.807, 2.05) is 0 Å². The zero-order chi connectivity index (χ0) is 12.1. The lowest BCUT2D eigenvalue weighted by atomic mass is 10.0. The van der Waals surface area contributed by atoms with Crippen LogP contribution in [-0.2, 0) is 4.74 Å². The summed E-state index contributed by atoms with van der Waals surface area (Å²) in [5, 5.41) is 3.80. The molecule has 0 spiro atoms. The predicted octanol–water partition coefficient (Wildman–Crippen LogP) is 0.567. The Bertz CT molecular complexity index is 225. The van der Waals surface area contributed by atoms with Crippen molar-refractivity contribution in [1.29, 1.82) is 0 Å². The minimum atomic E-state index is 0.481. The fourth-order valence-electron chi connectivity index (χ4n) is 3.36. The zero-order valence-electron chi connectivity index (χ0n) is 11.0. The Morgan fingerprint density at radius 3 is 3.06 bits per heavy atom. The van der Waals surface area contributed by atoms with Gasteiger partial charge in [0.15, 0.2) is 0 Å². The lowest BCUT2D eigenvalue weighted by molar-refractivity contribution is 0.151. The van der Waals surface area contributed by atoms with Gasteiger partial charge in [0.1, 0.15) is 0 Å². The summed E-state index contributed by atoms with van der Waals surface area (Å²) in [5.41, 5.74) is 5.59. The van der Waals surface area contributed by atoms with Crippen LogP contribution in [0.15, 0.2) is 0 Å². The summed E-state index contributed by atoms with van der Waals surface area (Å²) in [7, 11) is 1.79. The lowest BCUT2D eigenvalue weighted by Crippen LogP contribution is -2.46. The van der Waals surface area contributed by atoms with Crippen molar-refractivity contribution in [3.63, 3.8) is 0 Å². The van der Waals surface area contributed by atoms with Crippen LogP contribution in [0.3, 0.4) is 0 Å². The van der Waals surface area contributed by atoms with Crippen molar-refractivity contribution in [3.8, 4) is 0 Å². The topological polar surface area (TPSA) is 50.5 Å². The second kappa shape index (κ2) is 6.69. The molecule has 2 aliphatic heterocycles. The van der Waals surface area contributed by atoms with E-state index in [1.165, 1.54) is 32.4 Å². The maximum atomic E-state index is 5.59. The molecule has 3 atom stereocenters. The van der Waals surface area contributed by atoms with Gasteiger partial charge in [-0.1, -0.05) is 0 Å². The van der Waals surface area contributed by atoms with Crippen molar-refractivity contribution in [2.45, 2.75) is 50.2 Å². The van der Waals surface area contributed by atoms with Crippen LogP contribution in [0, 0.1) is 0 Å². The summed E-state index contributed by atoms with van der Waals surface area (Å²) in [6.07, 6.45) is 6.26. The van der Waals surface area contributed by atoms with Crippen molar-refractivity contribution in [2.24, 2.45) is 5.73 Å². The van der Waals surface area contributed by atoms with E-state index in [9.17, 15) is 0 Å². The molecule has 0 saturated carbocycles. The fourth-order valence-corrected chi connectivity index (χ4v) is 3.36. The fraction of sp³-hybridized carbons (Fsp3) is 1.00. The smallest absolute Gasteiger partial charge is 0.0615 e. The number of fused-ring (bicyclic) bond motifs is 1. The SMILES string of the molecule is COCC(CCCN)NC1CCN2CCCC12. The van der Waals surface area contributed by atoms with Gasteiger partial charge in [0.25, 0.3) is 0 Å². The van der Waals surface area contributed by atoms with Gasteiger partial charge in [0, 0.05) is 31.8 Å². The Labute approximate surface area is 105 Å². The molecule has 2 aliphatic rings. The average molecular weight is 241 g/mol. The molecule has 0 aromatic rings.